The summed E-state index contributed by atoms with van der Waals surface area (Å²) < 4.78 is 0. The fourth-order valence-corrected chi connectivity index (χ4v) is 3.05. The van der Waals surface area contributed by atoms with E-state index in [1.54, 1.807) is 12.1 Å². The van der Waals surface area contributed by atoms with Crippen LogP contribution < -0.4 is 0 Å². The summed E-state index contributed by atoms with van der Waals surface area (Å²) in [5, 5.41) is 0. The van der Waals surface area contributed by atoms with Gasteiger partial charge in [-0.25, -0.2) is 0 Å². The van der Waals surface area contributed by atoms with Crippen LogP contribution in [-0.2, 0) is 12.8 Å². The van der Waals surface area contributed by atoms with Gasteiger partial charge in [-0.05, 0) is 42.9 Å². The number of fused-ring (bicyclic) bond motifs is 1. The number of hydrogen-bond acceptors (Lipinski definition) is 2. The minimum Gasteiger partial charge on any atom is -0.294 e. The zero-order valence-electron chi connectivity index (χ0n) is 12.7. The first-order chi connectivity index (χ1) is 10.7. The van der Waals surface area contributed by atoms with Crippen LogP contribution in [0.4, 0.5) is 0 Å². The van der Waals surface area contributed by atoms with Crippen LogP contribution in [-0.4, -0.2) is 11.6 Å². The summed E-state index contributed by atoms with van der Waals surface area (Å²) in [5.41, 5.74) is 4.12. The van der Waals surface area contributed by atoms with Crippen LogP contribution in [0.3, 0.4) is 0 Å². The van der Waals surface area contributed by atoms with Crippen LogP contribution >= 0.6 is 0 Å². The van der Waals surface area contributed by atoms with Gasteiger partial charge in [-0.3, -0.25) is 9.59 Å². The summed E-state index contributed by atoms with van der Waals surface area (Å²) in [6, 6.07) is 15.2. The van der Waals surface area contributed by atoms with Crippen molar-refractivity contribution < 1.29 is 9.59 Å². The Labute approximate surface area is 131 Å². The number of aryl methyl sites for hydroxylation is 2. The molecule has 0 saturated carbocycles. The first-order valence-electron chi connectivity index (χ1n) is 7.97. The Bertz CT molecular complexity index is 686. The number of carbonyl (C=O) groups excluding carboxylic acids is 2. The lowest BCUT2D eigenvalue weighted by Gasteiger charge is -2.16. The normalized spacial score (nSPS) is 13.5. The van der Waals surface area contributed by atoms with Crippen molar-refractivity contribution >= 4 is 11.6 Å². The third-order valence-corrected chi connectivity index (χ3v) is 4.35. The molecular weight excluding hydrogens is 272 g/mol. The molecule has 1 aliphatic rings. The van der Waals surface area contributed by atoms with Gasteiger partial charge in [-0.1, -0.05) is 42.5 Å². The first kappa shape index (κ1) is 14.7. The predicted octanol–water partition coefficient (Wildman–Crippen LogP) is 4.41. The second kappa shape index (κ2) is 6.69. The Balaban J connectivity index is 1.64. The van der Waals surface area contributed by atoms with E-state index in [-0.39, 0.29) is 24.4 Å². The van der Waals surface area contributed by atoms with Crippen molar-refractivity contribution in [3.8, 4) is 0 Å². The number of rotatable bonds is 5. The molecule has 2 aromatic rings. The van der Waals surface area contributed by atoms with E-state index in [4.69, 9.17) is 0 Å². The smallest absolute Gasteiger partial charge is 0.163 e. The number of benzene rings is 2. The third-order valence-electron chi connectivity index (χ3n) is 4.35. The molecule has 0 saturated heterocycles. The molecule has 0 bridgehead atoms. The summed E-state index contributed by atoms with van der Waals surface area (Å²) >= 11 is 0. The molecule has 0 unspecified atom stereocenters. The van der Waals surface area contributed by atoms with Gasteiger partial charge in [0, 0.05) is 24.0 Å². The van der Waals surface area contributed by atoms with Gasteiger partial charge in [0.1, 0.15) is 0 Å². The molecule has 3 rings (SSSR count). The van der Waals surface area contributed by atoms with Crippen molar-refractivity contribution in [1.82, 2.24) is 0 Å². The van der Waals surface area contributed by atoms with E-state index >= 15 is 0 Å². The van der Waals surface area contributed by atoms with E-state index in [1.165, 1.54) is 24.0 Å². The van der Waals surface area contributed by atoms with Gasteiger partial charge in [0.2, 0.25) is 0 Å². The average molecular weight is 292 g/mol. The maximum atomic E-state index is 12.3. The molecule has 0 radical (unpaired) electrons. The van der Waals surface area contributed by atoms with Crippen molar-refractivity contribution in [2.24, 2.45) is 0 Å². The topological polar surface area (TPSA) is 34.1 Å². The zero-order valence-corrected chi connectivity index (χ0v) is 12.7. The molecule has 0 N–H and O–H groups in total. The molecule has 2 aromatic carbocycles. The average Bonchev–Trinajstić information content (AvgIpc) is 2.59. The lowest BCUT2D eigenvalue weighted by molar-refractivity contribution is 0.0917. The Morgan fingerprint density at radius 2 is 1.36 bits per heavy atom. The molecule has 0 spiro atoms. The molecule has 2 heteroatoms. The summed E-state index contributed by atoms with van der Waals surface area (Å²) in [6.45, 7) is 0. The zero-order chi connectivity index (χ0) is 15.4. The first-order valence-corrected chi connectivity index (χ1v) is 7.97. The van der Waals surface area contributed by atoms with Crippen molar-refractivity contribution in [3.63, 3.8) is 0 Å². The second-order valence-electron chi connectivity index (χ2n) is 5.90. The van der Waals surface area contributed by atoms with Crippen molar-refractivity contribution in [3.05, 3.63) is 70.8 Å². The molecule has 1 aliphatic carbocycles. The number of ketones is 2. The number of hydrogen-bond donors (Lipinski definition) is 0. The van der Waals surface area contributed by atoms with Crippen molar-refractivity contribution in [2.75, 3.05) is 0 Å². The SMILES string of the molecule is O=C(CCC(=O)c1ccc2c(c1)CCCC2)c1ccccc1. The molecule has 0 fully saturated rings. The number of carbonyl (C=O) groups is 2. The summed E-state index contributed by atoms with van der Waals surface area (Å²) in [4.78, 5) is 24.4. The van der Waals surface area contributed by atoms with Crippen LogP contribution in [0.15, 0.2) is 48.5 Å². The Morgan fingerprint density at radius 1 is 0.727 bits per heavy atom. The fraction of sp³-hybridized carbons (Fsp3) is 0.300. The van der Waals surface area contributed by atoms with Gasteiger partial charge in [0.05, 0.1) is 0 Å². The maximum absolute atomic E-state index is 12.3. The highest BCUT2D eigenvalue weighted by atomic mass is 16.1. The van der Waals surface area contributed by atoms with E-state index in [0.29, 0.717) is 5.56 Å². The van der Waals surface area contributed by atoms with E-state index in [9.17, 15) is 9.59 Å². The molecule has 112 valence electrons. The molecule has 22 heavy (non-hydrogen) atoms. The summed E-state index contributed by atoms with van der Waals surface area (Å²) in [6.07, 6.45) is 5.20. The fourth-order valence-electron chi connectivity index (χ4n) is 3.05. The predicted molar refractivity (Wildman–Crippen MR) is 87.4 cm³/mol. The lowest BCUT2D eigenvalue weighted by Crippen LogP contribution is -2.08. The van der Waals surface area contributed by atoms with E-state index in [1.807, 2.05) is 30.3 Å². The van der Waals surface area contributed by atoms with Gasteiger partial charge in [0.15, 0.2) is 11.6 Å². The van der Waals surface area contributed by atoms with Gasteiger partial charge in [-0.2, -0.15) is 0 Å². The van der Waals surface area contributed by atoms with Crippen molar-refractivity contribution in [1.29, 1.82) is 0 Å². The second-order valence-corrected chi connectivity index (χ2v) is 5.90. The van der Waals surface area contributed by atoms with E-state index < -0.39 is 0 Å². The van der Waals surface area contributed by atoms with Crippen molar-refractivity contribution in [2.45, 2.75) is 38.5 Å². The van der Waals surface area contributed by atoms with Gasteiger partial charge < -0.3 is 0 Å². The summed E-state index contributed by atoms with van der Waals surface area (Å²) in [7, 11) is 0. The highest BCUT2D eigenvalue weighted by Gasteiger charge is 2.14. The highest BCUT2D eigenvalue weighted by molar-refractivity contribution is 6.02. The van der Waals surface area contributed by atoms with Crippen LogP contribution in [0, 0.1) is 0 Å². The van der Waals surface area contributed by atoms with Crippen LogP contribution in [0.25, 0.3) is 0 Å². The van der Waals surface area contributed by atoms with Gasteiger partial charge >= 0.3 is 0 Å². The largest absolute Gasteiger partial charge is 0.294 e. The Kier molecular flexibility index (Phi) is 4.47. The number of Topliss-reactive ketones (excluding diaryl/α,β-unsaturated/α-hetero) is 2. The van der Waals surface area contributed by atoms with Crippen LogP contribution in [0.2, 0.25) is 0 Å². The van der Waals surface area contributed by atoms with E-state index in [2.05, 4.69) is 6.07 Å². The highest BCUT2D eigenvalue weighted by Crippen LogP contribution is 2.23. The molecule has 0 heterocycles. The van der Waals surface area contributed by atoms with Gasteiger partial charge in [0.25, 0.3) is 0 Å². The van der Waals surface area contributed by atoms with E-state index in [0.717, 1.165) is 18.4 Å². The minimum atomic E-state index is 0.0342. The lowest BCUT2D eigenvalue weighted by atomic mass is 9.89. The third kappa shape index (κ3) is 3.33. The van der Waals surface area contributed by atoms with Gasteiger partial charge in [-0.15, -0.1) is 0 Å². The monoisotopic (exact) mass is 292 g/mol. The van der Waals surface area contributed by atoms with Crippen LogP contribution in [0.5, 0.6) is 0 Å². The summed E-state index contributed by atoms with van der Waals surface area (Å²) in [5.74, 6) is 0.101. The Hall–Kier alpha value is -2.22. The molecular formula is C20H20O2. The standard InChI is InChI=1S/C20H20O2/c21-19(16-7-2-1-3-8-16)12-13-20(22)18-11-10-15-6-4-5-9-17(15)14-18/h1-3,7-8,10-11,14H,4-6,9,12-13H2. The maximum Gasteiger partial charge on any atom is 0.163 e. The minimum absolute atomic E-state index is 0.0342. The quantitative estimate of drug-likeness (QED) is 0.765. The Morgan fingerprint density at radius 3 is 2.09 bits per heavy atom. The molecule has 0 aromatic heterocycles. The molecule has 0 aliphatic heterocycles. The molecule has 0 amide bonds. The van der Waals surface area contributed by atoms with Crippen LogP contribution in [0.1, 0.15) is 57.5 Å². The molecule has 2 nitrogen and oxygen atoms in total. The molecule has 0 atom stereocenters.